The molecule has 0 amide bonds. The molecule has 2 fully saturated rings. The van der Waals surface area contributed by atoms with Crippen molar-refractivity contribution >= 4 is 0 Å². The smallest absolute Gasteiger partial charge is 0.0223 e. The Morgan fingerprint density at radius 2 is 2.00 bits per heavy atom. The third-order valence-electron chi connectivity index (χ3n) is 5.43. The highest BCUT2D eigenvalue weighted by atomic mass is 15.3. The van der Waals surface area contributed by atoms with Crippen molar-refractivity contribution in [1.29, 1.82) is 0 Å². The Morgan fingerprint density at radius 3 is 2.75 bits per heavy atom. The molecule has 20 heavy (non-hydrogen) atoms. The SMILES string of the molecule is CCCNC(C)C(C)(C)CN1CCN2CCCCC2C1. The van der Waals surface area contributed by atoms with Gasteiger partial charge in [-0.3, -0.25) is 9.80 Å². The molecule has 0 aromatic rings. The highest BCUT2D eigenvalue weighted by Gasteiger charge is 2.33. The Labute approximate surface area is 126 Å². The Kier molecular flexibility index (Phi) is 5.88. The largest absolute Gasteiger partial charge is 0.314 e. The summed E-state index contributed by atoms with van der Waals surface area (Å²) in [5, 5.41) is 3.68. The van der Waals surface area contributed by atoms with Crippen LogP contribution in [0.1, 0.15) is 53.4 Å². The Bertz CT molecular complexity index is 290. The summed E-state index contributed by atoms with van der Waals surface area (Å²) in [6, 6.07) is 1.43. The zero-order valence-electron chi connectivity index (χ0n) is 14.1. The first-order valence-electron chi connectivity index (χ1n) is 8.72. The van der Waals surface area contributed by atoms with Crippen molar-refractivity contribution in [3.05, 3.63) is 0 Å². The monoisotopic (exact) mass is 281 g/mol. The highest BCUT2D eigenvalue weighted by molar-refractivity contribution is 4.89. The van der Waals surface area contributed by atoms with Crippen molar-refractivity contribution < 1.29 is 0 Å². The summed E-state index contributed by atoms with van der Waals surface area (Å²) in [6.45, 7) is 17.0. The van der Waals surface area contributed by atoms with Gasteiger partial charge in [0.25, 0.3) is 0 Å². The molecular weight excluding hydrogens is 246 g/mol. The van der Waals surface area contributed by atoms with Gasteiger partial charge in [-0.15, -0.1) is 0 Å². The molecule has 3 nitrogen and oxygen atoms in total. The third kappa shape index (κ3) is 4.19. The van der Waals surface area contributed by atoms with E-state index in [9.17, 15) is 0 Å². The lowest BCUT2D eigenvalue weighted by Gasteiger charge is -2.47. The van der Waals surface area contributed by atoms with Crippen LogP contribution < -0.4 is 5.32 Å². The van der Waals surface area contributed by atoms with Crippen molar-refractivity contribution in [3.63, 3.8) is 0 Å². The Morgan fingerprint density at radius 1 is 1.20 bits per heavy atom. The van der Waals surface area contributed by atoms with E-state index in [2.05, 4.69) is 42.8 Å². The summed E-state index contributed by atoms with van der Waals surface area (Å²) < 4.78 is 0. The van der Waals surface area contributed by atoms with E-state index in [1.54, 1.807) is 0 Å². The minimum atomic E-state index is 0.353. The molecule has 3 heteroatoms. The molecule has 0 aromatic carbocycles. The van der Waals surface area contributed by atoms with E-state index in [0.717, 1.165) is 12.6 Å². The van der Waals surface area contributed by atoms with Crippen LogP contribution in [0, 0.1) is 5.41 Å². The van der Waals surface area contributed by atoms with Crippen LogP contribution in [0.15, 0.2) is 0 Å². The fourth-order valence-electron chi connectivity index (χ4n) is 3.71. The number of hydrogen-bond acceptors (Lipinski definition) is 3. The number of rotatable bonds is 6. The van der Waals surface area contributed by atoms with Crippen LogP contribution >= 0.6 is 0 Å². The quantitative estimate of drug-likeness (QED) is 0.807. The van der Waals surface area contributed by atoms with E-state index in [1.807, 2.05) is 0 Å². The van der Waals surface area contributed by atoms with Gasteiger partial charge in [-0.25, -0.2) is 0 Å². The van der Waals surface area contributed by atoms with E-state index in [0.29, 0.717) is 11.5 Å². The van der Waals surface area contributed by atoms with Gasteiger partial charge in [-0.1, -0.05) is 27.2 Å². The van der Waals surface area contributed by atoms with Crippen LogP contribution in [-0.2, 0) is 0 Å². The molecule has 0 aromatic heterocycles. The lowest BCUT2D eigenvalue weighted by atomic mass is 9.84. The van der Waals surface area contributed by atoms with Gasteiger partial charge >= 0.3 is 0 Å². The molecular formula is C17H35N3. The molecule has 2 atom stereocenters. The lowest BCUT2D eigenvalue weighted by Crippen LogP contribution is -2.57. The zero-order chi connectivity index (χ0) is 14.6. The van der Waals surface area contributed by atoms with Gasteiger partial charge in [0.15, 0.2) is 0 Å². The number of nitrogens with zero attached hydrogens (tertiary/aromatic N) is 2. The molecule has 2 aliphatic heterocycles. The second-order valence-corrected chi connectivity index (χ2v) is 7.59. The van der Waals surface area contributed by atoms with Gasteiger partial charge in [0, 0.05) is 38.3 Å². The van der Waals surface area contributed by atoms with Crippen LogP contribution in [0.25, 0.3) is 0 Å². The van der Waals surface area contributed by atoms with Crippen LogP contribution in [0.3, 0.4) is 0 Å². The van der Waals surface area contributed by atoms with Crippen LogP contribution in [0.5, 0.6) is 0 Å². The second-order valence-electron chi connectivity index (χ2n) is 7.59. The fraction of sp³-hybridized carbons (Fsp3) is 1.00. The molecule has 0 radical (unpaired) electrons. The Balaban J connectivity index is 1.82. The van der Waals surface area contributed by atoms with Gasteiger partial charge in [0.05, 0.1) is 0 Å². The summed E-state index contributed by atoms with van der Waals surface area (Å²) in [7, 11) is 0. The molecule has 2 rings (SSSR count). The topological polar surface area (TPSA) is 18.5 Å². The Hall–Kier alpha value is -0.120. The maximum absolute atomic E-state index is 3.68. The fourth-order valence-corrected chi connectivity index (χ4v) is 3.71. The van der Waals surface area contributed by atoms with Crippen molar-refractivity contribution in [2.24, 2.45) is 5.41 Å². The second kappa shape index (κ2) is 7.24. The molecule has 2 unspecified atom stereocenters. The molecule has 1 N–H and O–H groups in total. The zero-order valence-corrected chi connectivity index (χ0v) is 14.1. The summed E-state index contributed by atoms with van der Waals surface area (Å²) in [6.07, 6.45) is 5.49. The van der Waals surface area contributed by atoms with Crippen LogP contribution in [-0.4, -0.2) is 61.2 Å². The van der Waals surface area contributed by atoms with Gasteiger partial charge in [-0.2, -0.15) is 0 Å². The van der Waals surface area contributed by atoms with Crippen LogP contribution in [0.4, 0.5) is 0 Å². The van der Waals surface area contributed by atoms with E-state index in [4.69, 9.17) is 0 Å². The molecule has 2 aliphatic rings. The minimum Gasteiger partial charge on any atom is -0.314 e. The summed E-state index contributed by atoms with van der Waals surface area (Å²) >= 11 is 0. The predicted octanol–water partition coefficient (Wildman–Crippen LogP) is 2.57. The third-order valence-corrected chi connectivity index (χ3v) is 5.43. The summed E-state index contributed by atoms with van der Waals surface area (Å²) in [5.74, 6) is 0. The number of hydrogen-bond donors (Lipinski definition) is 1. The van der Waals surface area contributed by atoms with Gasteiger partial charge in [0.2, 0.25) is 0 Å². The lowest BCUT2D eigenvalue weighted by molar-refractivity contribution is 0.0258. The standard InChI is InChI=1S/C17H35N3/c1-5-9-18-15(2)17(3,4)14-19-11-12-20-10-7-6-8-16(20)13-19/h15-16,18H,5-14H2,1-4H3. The average molecular weight is 281 g/mol. The number of nitrogens with one attached hydrogen (secondary N) is 1. The average Bonchev–Trinajstić information content (AvgIpc) is 2.44. The highest BCUT2D eigenvalue weighted by Crippen LogP contribution is 2.26. The first-order valence-corrected chi connectivity index (χ1v) is 8.72. The van der Waals surface area contributed by atoms with E-state index < -0.39 is 0 Å². The van der Waals surface area contributed by atoms with Gasteiger partial charge in [-0.05, 0) is 44.7 Å². The number of fused-ring (bicyclic) bond motifs is 1. The van der Waals surface area contributed by atoms with Crippen molar-refractivity contribution in [2.75, 3.05) is 39.3 Å². The summed E-state index contributed by atoms with van der Waals surface area (Å²) in [4.78, 5) is 5.45. The molecule has 0 aliphatic carbocycles. The van der Waals surface area contributed by atoms with E-state index in [1.165, 1.54) is 58.4 Å². The van der Waals surface area contributed by atoms with E-state index >= 15 is 0 Å². The van der Waals surface area contributed by atoms with Gasteiger partial charge in [0.1, 0.15) is 0 Å². The van der Waals surface area contributed by atoms with Crippen LogP contribution in [0.2, 0.25) is 0 Å². The maximum Gasteiger partial charge on any atom is 0.0223 e. The molecule has 2 heterocycles. The first kappa shape index (κ1) is 16.3. The van der Waals surface area contributed by atoms with Crippen molar-refractivity contribution in [3.8, 4) is 0 Å². The molecule has 0 saturated carbocycles. The van der Waals surface area contributed by atoms with Crippen molar-refractivity contribution in [2.45, 2.75) is 65.5 Å². The maximum atomic E-state index is 3.68. The summed E-state index contributed by atoms with van der Waals surface area (Å²) in [5.41, 5.74) is 0.353. The number of piperidine rings is 1. The molecule has 2 saturated heterocycles. The minimum absolute atomic E-state index is 0.353. The normalized spacial score (nSPS) is 27.3. The van der Waals surface area contributed by atoms with Gasteiger partial charge < -0.3 is 5.32 Å². The first-order chi connectivity index (χ1) is 9.53. The molecule has 0 bridgehead atoms. The van der Waals surface area contributed by atoms with Crippen molar-refractivity contribution in [1.82, 2.24) is 15.1 Å². The molecule has 0 spiro atoms. The molecule has 118 valence electrons. The predicted molar refractivity (Wildman–Crippen MR) is 87.2 cm³/mol. The number of piperazine rings is 1. The van der Waals surface area contributed by atoms with E-state index in [-0.39, 0.29) is 0 Å².